The van der Waals surface area contributed by atoms with Crippen molar-refractivity contribution in [2.75, 3.05) is 32.1 Å². The topological polar surface area (TPSA) is 125 Å². The number of carbonyl (C=O) groups is 2. The maximum atomic E-state index is 15.2. The molecule has 0 bridgehead atoms. The lowest BCUT2D eigenvalue weighted by Crippen LogP contribution is -2.59. The van der Waals surface area contributed by atoms with Gasteiger partial charge in [0.1, 0.15) is 5.75 Å². The van der Waals surface area contributed by atoms with Gasteiger partial charge < -0.3 is 14.7 Å². The predicted octanol–water partition coefficient (Wildman–Crippen LogP) is 3.21. The molecule has 2 amide bonds. The van der Waals surface area contributed by atoms with Crippen LogP contribution in [0.1, 0.15) is 17.5 Å². The molecule has 2 aromatic heterocycles. The first-order valence-corrected chi connectivity index (χ1v) is 15.8. The van der Waals surface area contributed by atoms with Gasteiger partial charge in [-0.25, -0.2) is 4.98 Å². The largest absolute Gasteiger partial charge is 0.496 e. The number of halogens is 2. The Labute approximate surface area is 255 Å². The molecule has 4 heterocycles. The molecule has 1 fully saturated rings. The van der Waals surface area contributed by atoms with E-state index in [1.165, 1.54) is 52.1 Å². The highest BCUT2D eigenvalue weighted by molar-refractivity contribution is 7.93. The molecule has 2 aromatic carbocycles. The van der Waals surface area contributed by atoms with Crippen molar-refractivity contribution in [1.29, 1.82) is 0 Å². The van der Waals surface area contributed by atoms with Gasteiger partial charge in [-0.2, -0.15) is 12.7 Å². The van der Waals surface area contributed by atoms with Crippen LogP contribution in [0.5, 0.6) is 5.75 Å². The zero-order valence-electron chi connectivity index (χ0n) is 22.6. The fourth-order valence-corrected chi connectivity index (χ4v) is 9.05. The van der Waals surface area contributed by atoms with Crippen LogP contribution in [0.2, 0.25) is 10.2 Å². The van der Waals surface area contributed by atoms with E-state index in [2.05, 4.69) is 4.98 Å². The molecule has 0 saturated carbocycles. The number of likely N-dealkylation sites (N-methyl/N-ethyl adjacent to an activating group) is 1. The van der Waals surface area contributed by atoms with Crippen molar-refractivity contribution in [1.82, 2.24) is 19.2 Å². The number of benzene rings is 2. The number of fused-ring (bicyclic) bond motifs is 2. The normalized spacial score (nSPS) is 22.6. The predicted molar refractivity (Wildman–Crippen MR) is 158 cm³/mol. The van der Waals surface area contributed by atoms with Gasteiger partial charge in [0.2, 0.25) is 10.9 Å². The van der Waals surface area contributed by atoms with Gasteiger partial charge in [0.15, 0.2) is 15.7 Å². The smallest absolute Gasteiger partial charge is 0.290 e. The van der Waals surface area contributed by atoms with E-state index in [-0.39, 0.29) is 56.6 Å². The minimum absolute atomic E-state index is 0.0216. The number of para-hydroxylation sites is 1. The molecular weight excluding hydrogens is 625 g/mol. The minimum atomic E-state index is -4.70. The van der Waals surface area contributed by atoms with Crippen LogP contribution in [-0.4, -0.2) is 84.4 Å². The fourth-order valence-electron chi connectivity index (χ4n) is 5.99. The lowest BCUT2D eigenvalue weighted by molar-refractivity contribution is -0.138. The van der Waals surface area contributed by atoms with Gasteiger partial charge in [0.05, 0.1) is 24.9 Å². The van der Waals surface area contributed by atoms with Crippen molar-refractivity contribution in [3.05, 3.63) is 75.3 Å². The van der Waals surface area contributed by atoms with Gasteiger partial charge in [-0.3, -0.25) is 18.9 Å². The second-order valence-corrected chi connectivity index (χ2v) is 13.6. The third kappa shape index (κ3) is 3.98. The zero-order valence-corrected chi connectivity index (χ0v) is 25.7. The zero-order chi connectivity index (χ0) is 30.1. The minimum Gasteiger partial charge on any atom is -0.496 e. The molecule has 3 atom stereocenters. The molecule has 4 aromatic rings. The fraction of sp³-hybridized carbons (Fsp3) is 0.296. The van der Waals surface area contributed by atoms with E-state index in [0.717, 1.165) is 0 Å². The standard InChI is InChI=1S/C27H25Cl2N5O6S2/c1-31(2)23(36)20-13-16(35)14-33(20)27(17-6-4-5-7-21(17)40-3)18-12-15(28)8-9-19(18)34(25(27)37)42(38,39)24-22(29)30-26-32(24)10-11-41-26/h4-12,16,20,35H,13-14H2,1-3H3. The van der Waals surface area contributed by atoms with E-state index in [0.29, 0.717) is 9.27 Å². The molecule has 2 aliphatic rings. The van der Waals surface area contributed by atoms with Gasteiger partial charge in [-0.15, -0.1) is 11.3 Å². The molecule has 15 heteroatoms. The summed E-state index contributed by atoms with van der Waals surface area (Å²) >= 11 is 14.1. The molecule has 3 unspecified atom stereocenters. The number of rotatable bonds is 6. The number of imidazole rings is 1. The van der Waals surface area contributed by atoms with E-state index in [1.54, 1.807) is 48.6 Å². The Morgan fingerprint density at radius 3 is 2.64 bits per heavy atom. The monoisotopic (exact) mass is 649 g/mol. The third-order valence-corrected chi connectivity index (χ3v) is 10.7. The number of sulfonamides is 1. The summed E-state index contributed by atoms with van der Waals surface area (Å²) in [6.07, 6.45) is 0.542. The summed E-state index contributed by atoms with van der Waals surface area (Å²) in [6.45, 7) is -0.115. The highest BCUT2D eigenvalue weighted by Crippen LogP contribution is 2.55. The third-order valence-electron chi connectivity index (χ3n) is 7.66. The summed E-state index contributed by atoms with van der Waals surface area (Å²) in [5.41, 5.74) is -1.43. The molecule has 0 radical (unpaired) electrons. The van der Waals surface area contributed by atoms with Crippen LogP contribution in [0.4, 0.5) is 5.69 Å². The van der Waals surface area contributed by atoms with Crippen molar-refractivity contribution in [3.8, 4) is 5.75 Å². The van der Waals surface area contributed by atoms with Gasteiger partial charge in [0.25, 0.3) is 15.9 Å². The number of methoxy groups -OCH3 is 1. The van der Waals surface area contributed by atoms with Crippen molar-refractivity contribution in [3.63, 3.8) is 0 Å². The Morgan fingerprint density at radius 2 is 1.93 bits per heavy atom. The quantitative estimate of drug-likeness (QED) is 0.338. The molecule has 0 aliphatic carbocycles. The first-order chi connectivity index (χ1) is 19.9. The van der Waals surface area contributed by atoms with Crippen LogP contribution >= 0.6 is 34.5 Å². The maximum Gasteiger partial charge on any atom is 0.290 e. The van der Waals surface area contributed by atoms with Crippen molar-refractivity contribution in [2.45, 2.75) is 29.1 Å². The van der Waals surface area contributed by atoms with E-state index in [9.17, 15) is 18.3 Å². The number of aliphatic hydroxyl groups is 1. The highest BCUT2D eigenvalue weighted by Gasteiger charge is 2.64. The van der Waals surface area contributed by atoms with E-state index >= 15 is 4.79 Å². The number of β-amino-alcohol motifs (C(OH)–C–C–N with tert-alkyl or cyclic N) is 1. The summed E-state index contributed by atoms with van der Waals surface area (Å²) < 4.78 is 36.7. The summed E-state index contributed by atoms with van der Waals surface area (Å²) in [5.74, 6) is -0.996. The van der Waals surface area contributed by atoms with Gasteiger partial charge in [-0.1, -0.05) is 41.4 Å². The summed E-state index contributed by atoms with van der Waals surface area (Å²) in [4.78, 5) is 36.1. The SMILES string of the molecule is COc1ccccc1C1(N2CC(O)CC2C(=O)N(C)C)C(=O)N(S(=O)(=O)c2c(Cl)nc3sccn23)c2ccc(Cl)cc21. The van der Waals surface area contributed by atoms with Crippen LogP contribution in [0.15, 0.2) is 59.1 Å². The first kappa shape index (κ1) is 28.9. The van der Waals surface area contributed by atoms with Crippen LogP contribution in [0, 0.1) is 0 Å². The number of thiazole rings is 1. The average molecular weight is 651 g/mol. The molecule has 1 saturated heterocycles. The van der Waals surface area contributed by atoms with Crippen molar-refractivity contribution < 1.29 is 27.9 Å². The van der Waals surface area contributed by atoms with Crippen LogP contribution in [0.25, 0.3) is 4.96 Å². The molecule has 6 rings (SSSR count). The number of carbonyl (C=O) groups excluding carboxylic acids is 2. The Balaban J connectivity index is 1.70. The number of aliphatic hydroxyl groups excluding tert-OH is 1. The van der Waals surface area contributed by atoms with Gasteiger partial charge in [0, 0.05) is 48.4 Å². The molecule has 0 spiro atoms. The van der Waals surface area contributed by atoms with E-state index < -0.39 is 33.6 Å². The van der Waals surface area contributed by atoms with E-state index in [1.807, 2.05) is 0 Å². The number of hydrogen-bond donors (Lipinski definition) is 1. The summed E-state index contributed by atoms with van der Waals surface area (Å²) in [5, 5.41) is 12.1. The lowest BCUT2D eigenvalue weighted by Gasteiger charge is -2.42. The molecule has 11 nitrogen and oxygen atoms in total. The number of amides is 2. The second-order valence-electron chi connectivity index (χ2n) is 10.2. The number of hydrogen-bond acceptors (Lipinski definition) is 9. The maximum absolute atomic E-state index is 15.2. The van der Waals surface area contributed by atoms with Crippen molar-refractivity contribution in [2.24, 2.45) is 0 Å². The number of aromatic nitrogens is 2. The first-order valence-electron chi connectivity index (χ1n) is 12.7. The number of likely N-dealkylation sites (tertiary alicyclic amines) is 1. The Hall–Kier alpha value is -3.20. The van der Waals surface area contributed by atoms with Gasteiger partial charge >= 0.3 is 0 Å². The Bertz CT molecular complexity index is 1860. The lowest BCUT2D eigenvalue weighted by atomic mass is 9.80. The molecule has 42 heavy (non-hydrogen) atoms. The van der Waals surface area contributed by atoms with Gasteiger partial charge in [-0.05, 0) is 30.7 Å². The Kier molecular flexibility index (Phi) is 7.03. The average Bonchev–Trinajstić information content (AvgIpc) is 3.68. The van der Waals surface area contributed by atoms with Crippen LogP contribution in [0.3, 0.4) is 0 Å². The summed E-state index contributed by atoms with van der Waals surface area (Å²) in [7, 11) is -0.120. The number of anilines is 1. The molecule has 1 N–H and O–H groups in total. The highest BCUT2D eigenvalue weighted by atomic mass is 35.5. The molecular formula is C27H25Cl2N5O6S2. The Morgan fingerprint density at radius 1 is 1.19 bits per heavy atom. The number of ether oxygens (including phenoxy) is 1. The van der Waals surface area contributed by atoms with Crippen molar-refractivity contribution >= 4 is 67.0 Å². The second kappa shape index (κ2) is 10.2. The molecule has 220 valence electrons. The van der Waals surface area contributed by atoms with E-state index in [4.69, 9.17) is 27.9 Å². The van der Waals surface area contributed by atoms with Crippen LogP contribution < -0.4 is 9.04 Å². The van der Waals surface area contributed by atoms with Crippen LogP contribution in [-0.2, 0) is 25.2 Å². The molecule has 2 aliphatic heterocycles. The number of nitrogens with zero attached hydrogens (tertiary/aromatic N) is 5. The summed E-state index contributed by atoms with van der Waals surface area (Å²) in [6, 6.07) is 10.1.